The Balaban J connectivity index is 1.75. The van der Waals surface area contributed by atoms with Crippen LogP contribution < -0.4 is 4.74 Å². The Labute approximate surface area is 126 Å². The highest BCUT2D eigenvalue weighted by Gasteiger charge is 2.26. The summed E-state index contributed by atoms with van der Waals surface area (Å²) < 4.78 is 11.9. The van der Waals surface area contributed by atoms with E-state index in [0.29, 0.717) is 6.54 Å². The number of ether oxygens (including phenoxy) is 1. The van der Waals surface area contributed by atoms with Crippen molar-refractivity contribution in [3.63, 3.8) is 0 Å². The molecule has 3 aromatic rings. The van der Waals surface area contributed by atoms with Gasteiger partial charge in [0.1, 0.15) is 23.2 Å². The third-order valence-electron chi connectivity index (χ3n) is 3.87. The van der Waals surface area contributed by atoms with Gasteiger partial charge in [-0.2, -0.15) is 0 Å². The van der Waals surface area contributed by atoms with Gasteiger partial charge >= 0.3 is 0 Å². The minimum atomic E-state index is -0.101. The van der Waals surface area contributed by atoms with Crippen LogP contribution >= 0.6 is 0 Å². The first-order valence-electron chi connectivity index (χ1n) is 7.13. The Morgan fingerprint density at radius 2 is 2.09 bits per heavy atom. The van der Waals surface area contributed by atoms with Gasteiger partial charge in [-0.25, -0.2) is 0 Å². The summed E-state index contributed by atoms with van der Waals surface area (Å²) >= 11 is 0. The lowest BCUT2D eigenvalue weighted by atomic mass is 10.0. The number of hydrogen-bond donors (Lipinski definition) is 0. The highest BCUT2D eigenvalue weighted by molar-refractivity contribution is 5.84. The third-order valence-corrected chi connectivity index (χ3v) is 3.87. The van der Waals surface area contributed by atoms with E-state index in [0.717, 1.165) is 40.0 Å². The summed E-state index contributed by atoms with van der Waals surface area (Å²) in [7, 11) is 0. The molecule has 1 aromatic heterocycles. The minimum Gasteiger partial charge on any atom is -0.489 e. The molecule has 1 aliphatic rings. The summed E-state index contributed by atoms with van der Waals surface area (Å²) in [5, 5.41) is 4.67. The molecule has 0 spiro atoms. The van der Waals surface area contributed by atoms with Crippen molar-refractivity contribution in [3.05, 3.63) is 64.5 Å². The van der Waals surface area contributed by atoms with E-state index in [-0.39, 0.29) is 6.10 Å². The molecule has 2 aromatic carbocycles. The maximum atomic E-state index is 8.44. The molecule has 0 bridgehead atoms. The number of furan rings is 1. The molecule has 2 heterocycles. The molecule has 0 saturated heterocycles. The Morgan fingerprint density at radius 3 is 2.95 bits per heavy atom. The lowest BCUT2D eigenvalue weighted by Gasteiger charge is -2.08. The summed E-state index contributed by atoms with van der Waals surface area (Å²) in [5.41, 5.74) is 11.4. The van der Waals surface area contributed by atoms with Gasteiger partial charge in [0.15, 0.2) is 0 Å². The van der Waals surface area contributed by atoms with Crippen LogP contribution in [0.4, 0.5) is 0 Å². The van der Waals surface area contributed by atoms with Crippen molar-refractivity contribution in [2.75, 3.05) is 6.54 Å². The van der Waals surface area contributed by atoms with Crippen molar-refractivity contribution in [2.45, 2.75) is 12.5 Å². The highest BCUT2D eigenvalue weighted by atomic mass is 16.5. The van der Waals surface area contributed by atoms with Crippen LogP contribution in [0.15, 0.2) is 58.1 Å². The maximum Gasteiger partial charge on any atom is 0.139 e. The molecular weight excluding hydrogens is 278 g/mol. The lowest BCUT2D eigenvalue weighted by molar-refractivity contribution is 0.242. The summed E-state index contributed by atoms with van der Waals surface area (Å²) in [5.74, 6) is 1.63. The average Bonchev–Trinajstić information content (AvgIpc) is 3.15. The number of azide groups is 1. The third kappa shape index (κ3) is 2.08. The fraction of sp³-hybridized carbons (Fsp3) is 0.176. The SMILES string of the molecule is [N-]=[N+]=NCC1Cc2cccc(-c3cc4ccccc4o3)c2O1. The summed E-state index contributed by atoms with van der Waals surface area (Å²) in [6.45, 7) is 0.338. The van der Waals surface area contributed by atoms with Crippen molar-refractivity contribution >= 4 is 11.0 Å². The zero-order valence-corrected chi connectivity index (χ0v) is 11.8. The molecule has 0 radical (unpaired) electrons. The van der Waals surface area contributed by atoms with Crippen molar-refractivity contribution in [3.8, 4) is 17.1 Å². The van der Waals surface area contributed by atoms with Crippen LogP contribution in [0.2, 0.25) is 0 Å². The van der Waals surface area contributed by atoms with Crippen LogP contribution in [0.3, 0.4) is 0 Å². The number of nitrogens with zero attached hydrogens (tertiary/aromatic N) is 3. The molecule has 4 rings (SSSR count). The smallest absolute Gasteiger partial charge is 0.139 e. The number of benzene rings is 2. The van der Waals surface area contributed by atoms with E-state index in [1.165, 1.54) is 0 Å². The van der Waals surface area contributed by atoms with E-state index in [2.05, 4.69) is 10.0 Å². The maximum absolute atomic E-state index is 8.44. The second-order valence-corrected chi connectivity index (χ2v) is 5.30. The molecule has 108 valence electrons. The van der Waals surface area contributed by atoms with E-state index in [4.69, 9.17) is 14.7 Å². The van der Waals surface area contributed by atoms with Crippen molar-refractivity contribution in [1.82, 2.24) is 0 Å². The van der Waals surface area contributed by atoms with Crippen LogP contribution in [0.25, 0.3) is 32.7 Å². The van der Waals surface area contributed by atoms with Crippen LogP contribution in [0, 0.1) is 0 Å². The van der Waals surface area contributed by atoms with E-state index in [9.17, 15) is 0 Å². The molecule has 0 aliphatic carbocycles. The molecular formula is C17H13N3O2. The summed E-state index contributed by atoms with van der Waals surface area (Å²) in [6, 6.07) is 16.0. The molecule has 1 atom stereocenters. The average molecular weight is 291 g/mol. The Morgan fingerprint density at radius 1 is 1.18 bits per heavy atom. The molecule has 0 saturated carbocycles. The second kappa shape index (κ2) is 5.13. The van der Waals surface area contributed by atoms with Crippen LogP contribution in [0.5, 0.6) is 5.75 Å². The molecule has 5 heteroatoms. The summed E-state index contributed by atoms with van der Waals surface area (Å²) in [6.07, 6.45) is 0.652. The predicted octanol–water partition coefficient (Wildman–Crippen LogP) is 4.71. The highest BCUT2D eigenvalue weighted by Crippen LogP contribution is 2.40. The van der Waals surface area contributed by atoms with Gasteiger partial charge in [-0.15, -0.1) is 0 Å². The fourth-order valence-corrected chi connectivity index (χ4v) is 2.88. The minimum absolute atomic E-state index is 0.101. The van der Waals surface area contributed by atoms with Gasteiger partial charge in [-0.1, -0.05) is 35.4 Å². The van der Waals surface area contributed by atoms with Crippen molar-refractivity contribution in [1.29, 1.82) is 0 Å². The van der Waals surface area contributed by atoms with E-state index in [1.54, 1.807) is 0 Å². The normalized spacial score (nSPS) is 16.1. The van der Waals surface area contributed by atoms with Gasteiger partial charge in [0.25, 0.3) is 0 Å². The first-order valence-corrected chi connectivity index (χ1v) is 7.13. The zero-order valence-electron chi connectivity index (χ0n) is 11.8. The zero-order chi connectivity index (χ0) is 14.9. The second-order valence-electron chi connectivity index (χ2n) is 5.30. The van der Waals surface area contributed by atoms with E-state index >= 15 is 0 Å². The molecule has 1 unspecified atom stereocenters. The van der Waals surface area contributed by atoms with Crippen LogP contribution in [-0.2, 0) is 6.42 Å². The van der Waals surface area contributed by atoms with Gasteiger partial charge in [-0.3, -0.25) is 0 Å². The Hall–Kier alpha value is -2.91. The number of fused-ring (bicyclic) bond motifs is 2. The quantitative estimate of drug-likeness (QED) is 0.398. The van der Waals surface area contributed by atoms with E-state index < -0.39 is 0 Å². The predicted molar refractivity (Wildman–Crippen MR) is 83.8 cm³/mol. The van der Waals surface area contributed by atoms with Gasteiger partial charge in [0.05, 0.1) is 12.1 Å². The van der Waals surface area contributed by atoms with Crippen LogP contribution in [-0.4, -0.2) is 12.6 Å². The number of hydrogen-bond acceptors (Lipinski definition) is 3. The molecule has 0 N–H and O–H groups in total. The van der Waals surface area contributed by atoms with Gasteiger partial charge in [0, 0.05) is 16.7 Å². The van der Waals surface area contributed by atoms with Crippen molar-refractivity contribution in [2.24, 2.45) is 5.11 Å². The first-order chi connectivity index (χ1) is 10.8. The largest absolute Gasteiger partial charge is 0.489 e. The molecule has 22 heavy (non-hydrogen) atoms. The molecule has 1 aliphatic heterocycles. The van der Waals surface area contributed by atoms with Crippen molar-refractivity contribution < 1.29 is 9.15 Å². The molecule has 5 nitrogen and oxygen atoms in total. The van der Waals surface area contributed by atoms with Crippen LogP contribution in [0.1, 0.15) is 5.56 Å². The monoisotopic (exact) mass is 291 g/mol. The first kappa shape index (κ1) is 12.8. The van der Waals surface area contributed by atoms with E-state index in [1.807, 2.05) is 48.5 Å². The Bertz CT molecular complexity index is 861. The topological polar surface area (TPSA) is 71.1 Å². The van der Waals surface area contributed by atoms with Gasteiger partial charge in [0.2, 0.25) is 0 Å². The standard InChI is InChI=1S/C17H13N3O2/c18-20-19-10-13-8-12-5-3-6-14(17(12)21-13)16-9-11-4-1-2-7-15(11)22-16/h1-7,9,13H,8,10H2. The lowest BCUT2D eigenvalue weighted by Crippen LogP contribution is -2.16. The fourth-order valence-electron chi connectivity index (χ4n) is 2.88. The summed E-state index contributed by atoms with van der Waals surface area (Å²) in [4.78, 5) is 2.80. The van der Waals surface area contributed by atoms with Gasteiger partial charge in [-0.05, 0) is 29.3 Å². The molecule has 0 fully saturated rings. The Kier molecular flexibility index (Phi) is 2.99. The number of para-hydroxylation sites is 2. The van der Waals surface area contributed by atoms with Gasteiger partial charge < -0.3 is 9.15 Å². The molecule has 0 amide bonds. The number of rotatable bonds is 3.